The van der Waals surface area contributed by atoms with Gasteiger partial charge in [-0.2, -0.15) is 8.42 Å². The monoisotopic (exact) mass is 331 g/mol. The van der Waals surface area contributed by atoms with Crippen molar-refractivity contribution in [1.82, 2.24) is 0 Å². The van der Waals surface area contributed by atoms with Crippen molar-refractivity contribution in [3.63, 3.8) is 0 Å². The summed E-state index contributed by atoms with van der Waals surface area (Å²) in [4.78, 5) is 13.6. The molecule has 0 amide bonds. The number of rotatable bonds is 7. The number of hydrogen-bond acceptors (Lipinski definition) is 7. The molecular weight excluding hydrogens is 318 g/mol. The fraction of sp³-hybridized carbons (Fsp3) is 0.167. The van der Waals surface area contributed by atoms with Crippen molar-refractivity contribution in [2.75, 3.05) is 6.61 Å². The van der Waals surface area contributed by atoms with Crippen LogP contribution in [0, 0.1) is 10.1 Å². The molecule has 0 heterocycles. The fourth-order valence-electron chi connectivity index (χ4n) is 1.35. The number of phenols is 1. The molecule has 1 rings (SSSR count). The molecule has 0 saturated carbocycles. The average Bonchev–Trinajstić information content (AvgIpc) is 2.42. The Hall–Kier alpha value is -2.59. The third-order valence-corrected chi connectivity index (χ3v) is 3.13. The summed E-state index contributed by atoms with van der Waals surface area (Å²) < 4.78 is 36.4. The van der Waals surface area contributed by atoms with Crippen molar-refractivity contribution in [2.24, 2.45) is 0 Å². The van der Waals surface area contributed by atoms with Gasteiger partial charge >= 0.3 is 0 Å². The molecule has 0 spiro atoms. The summed E-state index contributed by atoms with van der Waals surface area (Å²) in [6.45, 7) is 1.21. The number of ether oxygens (including phenoxy) is 1. The van der Waals surface area contributed by atoms with Crippen LogP contribution in [0.4, 0.5) is 0 Å². The first-order valence-electron chi connectivity index (χ1n) is 5.81. The predicted octanol–water partition coefficient (Wildman–Crippen LogP) is 1.69. The second-order valence-corrected chi connectivity index (χ2v) is 5.25. The number of nitrogens with zero attached hydrogens (tertiary/aromatic N) is 1. The Morgan fingerprint density at radius 1 is 1.45 bits per heavy atom. The Balaban J connectivity index is 3.06. The van der Waals surface area contributed by atoms with E-state index in [0.29, 0.717) is 0 Å². The Kier molecular flexibility index (Phi) is 5.90. The van der Waals surface area contributed by atoms with Gasteiger partial charge in [-0.3, -0.25) is 4.55 Å². The van der Waals surface area contributed by atoms with Crippen LogP contribution in [0.15, 0.2) is 47.1 Å². The molecule has 1 aromatic carbocycles. The Morgan fingerprint density at radius 2 is 2.14 bits per heavy atom. The lowest BCUT2D eigenvalue weighted by molar-refractivity contribution is -0.756. The van der Waals surface area contributed by atoms with Gasteiger partial charge in [0.15, 0.2) is 6.61 Å². The lowest BCUT2D eigenvalue weighted by Crippen LogP contribution is -2.09. The van der Waals surface area contributed by atoms with Crippen LogP contribution in [-0.2, 0) is 15.0 Å². The zero-order chi connectivity index (χ0) is 16.8. The van der Waals surface area contributed by atoms with Crippen LogP contribution in [0.1, 0.15) is 6.92 Å². The van der Waals surface area contributed by atoms with Gasteiger partial charge < -0.3 is 14.7 Å². The first kappa shape index (κ1) is 17.5. The molecule has 22 heavy (non-hydrogen) atoms. The second-order valence-electron chi connectivity index (χ2n) is 3.86. The summed E-state index contributed by atoms with van der Waals surface area (Å²) in [5.74, 6) is -0.703. The Labute approximate surface area is 125 Å². The van der Waals surface area contributed by atoms with Crippen molar-refractivity contribution in [3.8, 4) is 11.5 Å². The van der Waals surface area contributed by atoms with Crippen LogP contribution in [0.25, 0.3) is 0 Å². The highest BCUT2D eigenvalue weighted by Gasteiger charge is 2.17. The lowest BCUT2D eigenvalue weighted by Gasteiger charge is -2.10. The van der Waals surface area contributed by atoms with E-state index in [9.17, 15) is 23.6 Å². The zero-order valence-corrected chi connectivity index (χ0v) is 12.2. The van der Waals surface area contributed by atoms with Crippen molar-refractivity contribution < 1.29 is 32.7 Å². The van der Waals surface area contributed by atoms with Crippen molar-refractivity contribution in [1.29, 1.82) is 0 Å². The fourth-order valence-corrected chi connectivity index (χ4v) is 1.94. The molecule has 0 unspecified atom stereocenters. The Bertz CT molecular complexity index is 708. The van der Waals surface area contributed by atoms with Gasteiger partial charge in [-0.05, 0) is 25.1 Å². The van der Waals surface area contributed by atoms with Gasteiger partial charge in [0.2, 0.25) is 0 Å². The quantitative estimate of drug-likeness (QED) is 0.253. The number of aromatic hydroxyl groups is 1. The van der Waals surface area contributed by atoms with Gasteiger partial charge in [0.25, 0.3) is 15.2 Å². The minimum Gasteiger partial charge on any atom is -0.506 e. The number of phenolic OH excluding ortho intramolecular Hbond substituents is 1. The summed E-state index contributed by atoms with van der Waals surface area (Å²) in [6.07, 6.45) is 4.54. The molecule has 0 atom stereocenters. The van der Waals surface area contributed by atoms with Crippen molar-refractivity contribution >= 4 is 10.1 Å². The highest BCUT2D eigenvalue weighted by molar-refractivity contribution is 7.86. The minimum atomic E-state index is -4.64. The van der Waals surface area contributed by atoms with Crippen molar-refractivity contribution in [3.05, 3.63) is 52.3 Å². The minimum absolute atomic E-state index is 0.0155. The maximum atomic E-state index is 11.1. The van der Waals surface area contributed by atoms with E-state index in [4.69, 9.17) is 9.29 Å². The molecule has 120 valence electrons. The maximum absolute atomic E-state index is 11.1. The standard InChI is InChI=1S/C12H13NO8S/c1-2-3-4-10(8-20-13(15)16)21-9-5-6-11(14)12(7-9)22(17,18)19/h2-7,14H,8H2,1H3,(H,17,18,19)/b3-2-,10-4-. The van der Waals surface area contributed by atoms with Crippen LogP contribution >= 0.6 is 0 Å². The number of allylic oxidation sites excluding steroid dienone is 3. The topological polar surface area (TPSA) is 136 Å². The molecule has 0 aliphatic rings. The first-order chi connectivity index (χ1) is 10.2. The molecule has 0 aromatic heterocycles. The van der Waals surface area contributed by atoms with E-state index in [0.717, 1.165) is 12.1 Å². The molecule has 0 aliphatic heterocycles. The van der Waals surface area contributed by atoms with Crippen molar-refractivity contribution in [2.45, 2.75) is 11.8 Å². The van der Waals surface area contributed by atoms with Gasteiger partial charge in [-0.1, -0.05) is 12.2 Å². The smallest absolute Gasteiger partial charge is 0.298 e. The molecule has 10 heteroatoms. The molecule has 0 radical (unpaired) electrons. The molecule has 0 aliphatic carbocycles. The van der Waals surface area contributed by atoms with Crippen LogP contribution in [0.5, 0.6) is 11.5 Å². The SMILES string of the molecule is C/C=C\C=C(\CO[N+](=O)[O-])Oc1ccc(O)c(S(=O)(=O)O)c1. The Morgan fingerprint density at radius 3 is 2.68 bits per heavy atom. The van der Waals surface area contributed by atoms with Gasteiger partial charge in [-0.15, -0.1) is 10.1 Å². The van der Waals surface area contributed by atoms with Gasteiger partial charge in [0, 0.05) is 6.07 Å². The maximum Gasteiger partial charge on any atom is 0.298 e. The zero-order valence-electron chi connectivity index (χ0n) is 11.4. The normalized spacial score (nSPS) is 12.4. The molecule has 1 aromatic rings. The summed E-state index contributed by atoms with van der Waals surface area (Å²) in [5, 5.41) is 18.6. The van der Waals surface area contributed by atoms with E-state index in [-0.39, 0.29) is 11.5 Å². The summed E-state index contributed by atoms with van der Waals surface area (Å²) >= 11 is 0. The molecule has 0 saturated heterocycles. The van der Waals surface area contributed by atoms with Crippen LogP contribution in [0.3, 0.4) is 0 Å². The van der Waals surface area contributed by atoms with E-state index in [1.165, 1.54) is 18.2 Å². The largest absolute Gasteiger partial charge is 0.506 e. The third kappa shape index (κ3) is 5.42. The van der Waals surface area contributed by atoms with Gasteiger partial charge in [-0.25, -0.2) is 0 Å². The molecule has 0 fully saturated rings. The molecule has 0 bridgehead atoms. The highest BCUT2D eigenvalue weighted by atomic mass is 32.2. The number of benzene rings is 1. The predicted molar refractivity (Wildman–Crippen MR) is 74.4 cm³/mol. The van der Waals surface area contributed by atoms with E-state index in [1.807, 2.05) is 0 Å². The second kappa shape index (κ2) is 7.43. The van der Waals surface area contributed by atoms with Gasteiger partial charge in [0.1, 0.15) is 22.2 Å². The third-order valence-electron chi connectivity index (χ3n) is 2.24. The lowest BCUT2D eigenvalue weighted by atomic mass is 10.3. The summed E-state index contributed by atoms with van der Waals surface area (Å²) in [5.41, 5.74) is 0. The van der Waals surface area contributed by atoms with E-state index < -0.39 is 32.5 Å². The summed E-state index contributed by atoms with van der Waals surface area (Å²) in [7, 11) is -4.64. The highest BCUT2D eigenvalue weighted by Crippen LogP contribution is 2.28. The molecule has 2 N–H and O–H groups in total. The first-order valence-corrected chi connectivity index (χ1v) is 7.25. The van der Waals surface area contributed by atoms with Crippen LogP contribution < -0.4 is 4.74 Å². The van der Waals surface area contributed by atoms with E-state index >= 15 is 0 Å². The van der Waals surface area contributed by atoms with Crippen LogP contribution in [-0.4, -0.2) is 29.8 Å². The molecular formula is C12H13NO8S. The van der Waals surface area contributed by atoms with E-state index in [2.05, 4.69) is 4.84 Å². The molecule has 9 nitrogen and oxygen atoms in total. The number of hydrogen-bond donors (Lipinski definition) is 2. The summed E-state index contributed by atoms with van der Waals surface area (Å²) in [6, 6.07) is 3.10. The van der Waals surface area contributed by atoms with Crippen LogP contribution in [0.2, 0.25) is 0 Å². The average molecular weight is 331 g/mol. The van der Waals surface area contributed by atoms with Gasteiger partial charge in [0.05, 0.1) is 0 Å². The van der Waals surface area contributed by atoms with E-state index in [1.54, 1.807) is 13.0 Å².